The zero-order valence-corrected chi connectivity index (χ0v) is 13.4. The topological polar surface area (TPSA) is 105 Å². The second-order valence-electron chi connectivity index (χ2n) is 4.10. The number of nitrogens with two attached hydrogens (primary N) is 1. The summed E-state index contributed by atoms with van der Waals surface area (Å²) in [7, 11) is 0. The molecule has 1 amide bonds. The van der Waals surface area contributed by atoms with Gasteiger partial charge in [-0.25, -0.2) is 4.68 Å². The van der Waals surface area contributed by atoms with E-state index in [4.69, 9.17) is 15.2 Å². The summed E-state index contributed by atoms with van der Waals surface area (Å²) in [5.74, 6) is 0.345. The highest BCUT2D eigenvalue weighted by molar-refractivity contribution is 9.10. The molecule has 0 aliphatic rings. The van der Waals surface area contributed by atoms with Gasteiger partial charge in [-0.3, -0.25) is 4.79 Å². The van der Waals surface area contributed by atoms with E-state index in [0.717, 1.165) is 5.56 Å². The fourth-order valence-corrected chi connectivity index (χ4v) is 2.17. The fraction of sp³-hybridized carbons (Fsp3) is 0.231. The molecule has 22 heavy (non-hydrogen) atoms. The molecule has 0 saturated heterocycles. The molecule has 1 aromatic heterocycles. The van der Waals surface area contributed by atoms with Crippen LogP contribution in [0.5, 0.6) is 11.5 Å². The third-order valence-corrected chi connectivity index (χ3v) is 3.03. The van der Waals surface area contributed by atoms with Crippen molar-refractivity contribution >= 4 is 28.1 Å². The van der Waals surface area contributed by atoms with E-state index in [0.29, 0.717) is 22.6 Å². The minimum atomic E-state index is -0.562. The van der Waals surface area contributed by atoms with Gasteiger partial charge in [0.15, 0.2) is 18.1 Å². The van der Waals surface area contributed by atoms with Crippen LogP contribution >= 0.6 is 15.9 Å². The summed E-state index contributed by atoms with van der Waals surface area (Å²) in [5, 5.41) is 11.5. The SMILES string of the molecule is CCOc1cc(/C=N/n2cnnc2)cc(Br)c1OCC(N)=O. The van der Waals surface area contributed by atoms with Crippen molar-refractivity contribution in [2.45, 2.75) is 6.92 Å². The number of aromatic nitrogens is 3. The molecule has 2 rings (SSSR count). The van der Waals surface area contributed by atoms with E-state index >= 15 is 0 Å². The quantitative estimate of drug-likeness (QED) is 0.739. The van der Waals surface area contributed by atoms with Crippen molar-refractivity contribution in [1.29, 1.82) is 0 Å². The Morgan fingerprint density at radius 1 is 1.41 bits per heavy atom. The Morgan fingerprint density at radius 3 is 2.77 bits per heavy atom. The second kappa shape index (κ2) is 7.55. The molecule has 1 heterocycles. The lowest BCUT2D eigenvalue weighted by Crippen LogP contribution is -2.20. The van der Waals surface area contributed by atoms with Crippen LogP contribution in [0.2, 0.25) is 0 Å². The minimum absolute atomic E-state index is 0.229. The Labute approximate surface area is 135 Å². The number of benzene rings is 1. The number of hydrogen-bond donors (Lipinski definition) is 1. The highest BCUT2D eigenvalue weighted by Gasteiger charge is 2.12. The predicted octanol–water partition coefficient (Wildman–Crippen LogP) is 1.19. The van der Waals surface area contributed by atoms with E-state index in [9.17, 15) is 4.79 Å². The van der Waals surface area contributed by atoms with Crippen LogP contribution in [0.3, 0.4) is 0 Å². The molecule has 0 aliphatic carbocycles. The van der Waals surface area contributed by atoms with E-state index in [1.54, 1.807) is 18.3 Å². The number of carbonyl (C=O) groups excluding carboxylic acids is 1. The first-order chi connectivity index (χ1) is 10.6. The monoisotopic (exact) mass is 367 g/mol. The Bertz CT molecular complexity index is 673. The lowest BCUT2D eigenvalue weighted by atomic mass is 10.2. The molecule has 2 aromatic rings. The van der Waals surface area contributed by atoms with Gasteiger partial charge in [-0.2, -0.15) is 5.10 Å². The van der Waals surface area contributed by atoms with Gasteiger partial charge in [0, 0.05) is 0 Å². The van der Waals surface area contributed by atoms with E-state index < -0.39 is 5.91 Å². The highest BCUT2D eigenvalue weighted by Crippen LogP contribution is 2.36. The van der Waals surface area contributed by atoms with Gasteiger partial charge in [-0.15, -0.1) is 10.2 Å². The smallest absolute Gasteiger partial charge is 0.255 e. The first-order valence-electron chi connectivity index (χ1n) is 6.36. The van der Waals surface area contributed by atoms with Crippen molar-refractivity contribution in [1.82, 2.24) is 14.9 Å². The number of ether oxygens (including phenoxy) is 2. The van der Waals surface area contributed by atoms with Gasteiger partial charge in [-0.05, 0) is 40.5 Å². The third kappa shape index (κ3) is 4.29. The summed E-state index contributed by atoms with van der Waals surface area (Å²) >= 11 is 3.39. The van der Waals surface area contributed by atoms with Crippen LogP contribution < -0.4 is 15.2 Å². The van der Waals surface area contributed by atoms with Gasteiger partial charge in [0.25, 0.3) is 5.91 Å². The average Bonchev–Trinajstić information content (AvgIpc) is 2.97. The molecule has 0 atom stereocenters. The standard InChI is InChI=1S/C13H14BrN5O3/c1-2-21-11-4-9(5-18-19-7-16-17-8-19)3-10(14)13(11)22-6-12(15)20/h3-5,7-8H,2,6H2,1H3,(H2,15,20)/b18-5+. The number of amides is 1. The number of halogens is 1. The first kappa shape index (κ1) is 16.0. The van der Waals surface area contributed by atoms with Crippen LogP contribution in [-0.4, -0.2) is 40.2 Å². The van der Waals surface area contributed by atoms with Crippen LogP contribution in [0.4, 0.5) is 0 Å². The van der Waals surface area contributed by atoms with Crippen LogP contribution in [0.15, 0.2) is 34.4 Å². The molecule has 0 saturated carbocycles. The summed E-state index contributed by atoms with van der Waals surface area (Å²) in [6.45, 7) is 2.07. The maximum Gasteiger partial charge on any atom is 0.255 e. The van der Waals surface area contributed by atoms with E-state index in [1.807, 2.05) is 6.92 Å². The number of rotatable bonds is 7. The predicted molar refractivity (Wildman–Crippen MR) is 83.0 cm³/mol. The van der Waals surface area contributed by atoms with Crippen LogP contribution in [0.1, 0.15) is 12.5 Å². The van der Waals surface area contributed by atoms with Crippen molar-refractivity contribution in [3.05, 3.63) is 34.8 Å². The van der Waals surface area contributed by atoms with Crippen LogP contribution in [0, 0.1) is 0 Å². The zero-order valence-electron chi connectivity index (χ0n) is 11.8. The molecular formula is C13H14BrN5O3. The van der Waals surface area contributed by atoms with Crippen molar-refractivity contribution in [2.75, 3.05) is 13.2 Å². The molecule has 0 aliphatic heterocycles. The zero-order chi connectivity index (χ0) is 15.9. The largest absolute Gasteiger partial charge is 0.490 e. The molecular weight excluding hydrogens is 354 g/mol. The lowest BCUT2D eigenvalue weighted by Gasteiger charge is -2.13. The number of primary amides is 1. The summed E-state index contributed by atoms with van der Waals surface area (Å²) in [5.41, 5.74) is 5.86. The molecule has 8 nitrogen and oxygen atoms in total. The number of nitrogens with zero attached hydrogens (tertiary/aromatic N) is 4. The van der Waals surface area contributed by atoms with Gasteiger partial charge in [-0.1, -0.05) is 0 Å². The Balaban J connectivity index is 2.27. The third-order valence-electron chi connectivity index (χ3n) is 2.44. The fourth-order valence-electron chi connectivity index (χ4n) is 1.60. The normalized spacial score (nSPS) is 10.8. The average molecular weight is 368 g/mol. The van der Waals surface area contributed by atoms with Gasteiger partial charge < -0.3 is 15.2 Å². The van der Waals surface area contributed by atoms with Gasteiger partial charge in [0.1, 0.15) is 12.7 Å². The maximum atomic E-state index is 10.9. The number of carbonyl (C=O) groups is 1. The number of hydrogen-bond acceptors (Lipinski definition) is 6. The highest BCUT2D eigenvalue weighted by atomic mass is 79.9. The molecule has 9 heteroatoms. The molecule has 0 bridgehead atoms. The first-order valence-corrected chi connectivity index (χ1v) is 7.16. The summed E-state index contributed by atoms with van der Waals surface area (Å²) in [6.07, 6.45) is 4.56. The van der Waals surface area contributed by atoms with Gasteiger partial charge >= 0.3 is 0 Å². The molecule has 1 aromatic carbocycles. The van der Waals surface area contributed by atoms with Crippen LogP contribution in [0.25, 0.3) is 0 Å². The maximum absolute atomic E-state index is 10.9. The summed E-state index contributed by atoms with van der Waals surface area (Å²) in [4.78, 5) is 10.9. The van der Waals surface area contributed by atoms with Gasteiger partial charge in [0.2, 0.25) is 0 Å². The van der Waals surface area contributed by atoms with E-state index in [2.05, 4.69) is 31.2 Å². The molecule has 0 radical (unpaired) electrons. The van der Waals surface area contributed by atoms with Crippen molar-refractivity contribution in [3.63, 3.8) is 0 Å². The van der Waals surface area contributed by atoms with E-state index in [1.165, 1.54) is 17.3 Å². The van der Waals surface area contributed by atoms with Gasteiger partial charge in [0.05, 0.1) is 17.3 Å². The molecule has 116 valence electrons. The Morgan fingerprint density at radius 2 is 2.14 bits per heavy atom. The summed E-state index contributed by atoms with van der Waals surface area (Å²) < 4.78 is 13.0. The molecule has 0 unspecified atom stereocenters. The Hall–Kier alpha value is -2.42. The molecule has 2 N–H and O–H groups in total. The second-order valence-corrected chi connectivity index (χ2v) is 4.96. The Kier molecular flexibility index (Phi) is 5.48. The van der Waals surface area contributed by atoms with Crippen molar-refractivity contribution in [3.8, 4) is 11.5 Å². The van der Waals surface area contributed by atoms with Crippen molar-refractivity contribution < 1.29 is 14.3 Å². The van der Waals surface area contributed by atoms with E-state index in [-0.39, 0.29) is 6.61 Å². The molecule has 0 fully saturated rings. The minimum Gasteiger partial charge on any atom is -0.490 e. The van der Waals surface area contributed by atoms with Crippen LogP contribution in [-0.2, 0) is 4.79 Å². The summed E-state index contributed by atoms with van der Waals surface area (Å²) in [6, 6.07) is 3.53. The van der Waals surface area contributed by atoms with Crippen molar-refractivity contribution in [2.24, 2.45) is 10.8 Å². The lowest BCUT2D eigenvalue weighted by molar-refractivity contribution is -0.119. The molecule has 0 spiro atoms.